The summed E-state index contributed by atoms with van der Waals surface area (Å²) < 4.78 is 16.6. The molecule has 1 unspecified atom stereocenters. The minimum atomic E-state index is -1.52. The lowest BCUT2D eigenvalue weighted by Crippen LogP contribution is -2.60. The first-order valence-corrected chi connectivity index (χ1v) is 10.4. The molecule has 0 radical (unpaired) electrons. The third kappa shape index (κ3) is 5.76. The summed E-state index contributed by atoms with van der Waals surface area (Å²) in [7, 11) is 0. The van der Waals surface area contributed by atoms with Gasteiger partial charge in [-0.05, 0) is 48.2 Å². The Morgan fingerprint density at radius 3 is 2.22 bits per heavy atom. The van der Waals surface area contributed by atoms with Gasteiger partial charge in [-0.15, -0.1) is 0 Å². The van der Waals surface area contributed by atoms with E-state index in [1.165, 1.54) is 0 Å². The molecule has 2 aromatic carbocycles. The van der Waals surface area contributed by atoms with Crippen LogP contribution in [0, 0.1) is 0 Å². The second-order valence-electron chi connectivity index (χ2n) is 7.64. The van der Waals surface area contributed by atoms with Crippen molar-refractivity contribution in [1.82, 2.24) is 0 Å². The quantitative estimate of drug-likeness (QED) is 0.374. The largest absolute Gasteiger partial charge is 0.479 e. The van der Waals surface area contributed by atoms with Gasteiger partial charge in [0.1, 0.15) is 35.9 Å². The smallest absolute Gasteiger partial charge is 0.344 e. The lowest BCUT2D eigenvalue weighted by Gasteiger charge is -2.39. The van der Waals surface area contributed by atoms with E-state index in [2.05, 4.69) is 0 Å². The molecule has 9 nitrogen and oxygen atoms in total. The number of carboxylic acids is 1. The highest BCUT2D eigenvalue weighted by Crippen LogP contribution is 2.26. The molecule has 0 saturated carbocycles. The van der Waals surface area contributed by atoms with Crippen molar-refractivity contribution in [3.05, 3.63) is 59.7 Å². The first kappa shape index (κ1) is 24.0. The maximum atomic E-state index is 11.2. The highest BCUT2D eigenvalue weighted by molar-refractivity contribution is 5.72. The van der Waals surface area contributed by atoms with E-state index in [9.17, 15) is 30.3 Å². The Labute approximate surface area is 185 Å². The Hall–Kier alpha value is -2.69. The standard InChI is InChI=1S/C23H28O9/c1-2-17(22(28)29)30-15-7-3-5-13(10-15)9-14-6-4-8-16(11-14)31-23-21(27)20(26)19(25)18(12-24)32-23/h3-8,10-11,17-21,23-27H,2,9,12H2,1H3,(H,28,29)/t17?,18-,19-,20+,21+,23+/m1/s1. The summed E-state index contributed by atoms with van der Waals surface area (Å²) in [5, 5.41) is 48.4. The zero-order valence-electron chi connectivity index (χ0n) is 17.6. The molecule has 1 aliphatic rings. The number of hydrogen-bond donors (Lipinski definition) is 5. The SMILES string of the molecule is CCC(Oc1cccc(Cc2cccc(O[C@H]3O[C@H](CO)[C@@H](O)[C@H](O)[C@@H]3O)c2)c1)C(=O)O. The van der Waals surface area contributed by atoms with Crippen LogP contribution in [0.4, 0.5) is 0 Å². The fourth-order valence-corrected chi connectivity index (χ4v) is 3.46. The summed E-state index contributed by atoms with van der Waals surface area (Å²) in [6, 6.07) is 14.2. The van der Waals surface area contributed by atoms with Crippen LogP contribution in [0.5, 0.6) is 11.5 Å². The van der Waals surface area contributed by atoms with Gasteiger partial charge in [0.05, 0.1) is 6.61 Å². The van der Waals surface area contributed by atoms with E-state index < -0.39 is 49.4 Å². The van der Waals surface area contributed by atoms with Gasteiger partial charge in [0, 0.05) is 0 Å². The molecule has 0 amide bonds. The van der Waals surface area contributed by atoms with Gasteiger partial charge in [-0.2, -0.15) is 0 Å². The van der Waals surface area contributed by atoms with Crippen molar-refractivity contribution in [1.29, 1.82) is 0 Å². The maximum Gasteiger partial charge on any atom is 0.344 e. The van der Waals surface area contributed by atoms with E-state index in [0.29, 0.717) is 24.3 Å². The maximum absolute atomic E-state index is 11.2. The zero-order valence-corrected chi connectivity index (χ0v) is 17.6. The number of benzene rings is 2. The molecule has 1 heterocycles. The molecule has 5 N–H and O–H groups in total. The molecule has 9 heteroatoms. The number of carboxylic acid groups (broad SMARTS) is 1. The second kappa shape index (κ2) is 10.8. The highest BCUT2D eigenvalue weighted by Gasteiger charge is 2.44. The minimum Gasteiger partial charge on any atom is -0.479 e. The van der Waals surface area contributed by atoms with Gasteiger partial charge in [-0.3, -0.25) is 0 Å². The predicted octanol–water partition coefficient (Wildman–Crippen LogP) is 0.698. The monoisotopic (exact) mass is 448 g/mol. The third-order valence-electron chi connectivity index (χ3n) is 5.23. The Morgan fingerprint density at radius 1 is 1.00 bits per heavy atom. The van der Waals surface area contributed by atoms with Crippen LogP contribution in [0.1, 0.15) is 24.5 Å². The molecule has 32 heavy (non-hydrogen) atoms. The van der Waals surface area contributed by atoms with Crippen LogP contribution in [0.2, 0.25) is 0 Å². The fraction of sp³-hybridized carbons (Fsp3) is 0.435. The number of carbonyl (C=O) groups is 1. The molecule has 0 aliphatic carbocycles. The summed E-state index contributed by atoms with van der Waals surface area (Å²) in [5.74, 6) is -0.183. The van der Waals surface area contributed by atoms with E-state index in [1.54, 1.807) is 43.3 Å². The van der Waals surface area contributed by atoms with Gasteiger partial charge in [0.15, 0.2) is 6.10 Å². The normalized spacial score (nSPS) is 26.3. The Balaban J connectivity index is 1.69. The molecule has 2 aromatic rings. The molecular formula is C23H28O9. The number of rotatable bonds is 9. The summed E-state index contributed by atoms with van der Waals surface area (Å²) in [6.45, 7) is 1.20. The topological polar surface area (TPSA) is 146 Å². The van der Waals surface area contributed by atoms with Gasteiger partial charge in [-0.1, -0.05) is 31.2 Å². The lowest BCUT2D eigenvalue weighted by molar-refractivity contribution is -0.277. The van der Waals surface area contributed by atoms with Gasteiger partial charge in [0.25, 0.3) is 0 Å². The first-order valence-electron chi connectivity index (χ1n) is 10.4. The van der Waals surface area contributed by atoms with Crippen molar-refractivity contribution in [2.24, 2.45) is 0 Å². The van der Waals surface area contributed by atoms with Gasteiger partial charge in [0.2, 0.25) is 6.29 Å². The van der Waals surface area contributed by atoms with E-state index in [1.807, 2.05) is 12.1 Å². The number of ether oxygens (including phenoxy) is 3. The lowest BCUT2D eigenvalue weighted by atomic mass is 9.99. The average Bonchev–Trinajstić information content (AvgIpc) is 2.78. The van der Waals surface area contributed by atoms with Crippen molar-refractivity contribution < 1.29 is 44.5 Å². The Bertz CT molecular complexity index is 901. The zero-order chi connectivity index (χ0) is 23.3. The van der Waals surface area contributed by atoms with Crippen molar-refractivity contribution >= 4 is 5.97 Å². The van der Waals surface area contributed by atoms with Crippen molar-refractivity contribution in [3.63, 3.8) is 0 Å². The number of aliphatic carboxylic acids is 1. The van der Waals surface area contributed by atoms with Crippen LogP contribution < -0.4 is 9.47 Å². The number of aliphatic hydroxyl groups excluding tert-OH is 4. The molecule has 1 saturated heterocycles. The number of aliphatic hydroxyl groups is 4. The third-order valence-corrected chi connectivity index (χ3v) is 5.23. The van der Waals surface area contributed by atoms with E-state index in [0.717, 1.165) is 11.1 Å². The summed E-state index contributed by atoms with van der Waals surface area (Å²) in [4.78, 5) is 11.2. The van der Waals surface area contributed by atoms with Gasteiger partial charge in [-0.25, -0.2) is 4.79 Å². The molecule has 0 spiro atoms. The minimum absolute atomic E-state index is 0.344. The predicted molar refractivity (Wildman–Crippen MR) is 112 cm³/mol. The summed E-state index contributed by atoms with van der Waals surface area (Å²) in [5.41, 5.74) is 1.77. The van der Waals surface area contributed by atoms with E-state index in [-0.39, 0.29) is 0 Å². The molecule has 0 aromatic heterocycles. The van der Waals surface area contributed by atoms with Gasteiger partial charge < -0.3 is 39.7 Å². The van der Waals surface area contributed by atoms with Crippen LogP contribution >= 0.6 is 0 Å². The van der Waals surface area contributed by atoms with Crippen LogP contribution in [0.3, 0.4) is 0 Å². The molecule has 3 rings (SSSR count). The molecule has 174 valence electrons. The average molecular weight is 448 g/mol. The van der Waals surface area contributed by atoms with E-state index >= 15 is 0 Å². The molecular weight excluding hydrogens is 420 g/mol. The summed E-state index contributed by atoms with van der Waals surface area (Å²) >= 11 is 0. The Morgan fingerprint density at radius 2 is 1.62 bits per heavy atom. The molecule has 0 bridgehead atoms. The second-order valence-corrected chi connectivity index (χ2v) is 7.64. The van der Waals surface area contributed by atoms with Crippen LogP contribution in [0.15, 0.2) is 48.5 Å². The van der Waals surface area contributed by atoms with Crippen molar-refractivity contribution in [3.8, 4) is 11.5 Å². The highest BCUT2D eigenvalue weighted by atomic mass is 16.7. The number of hydrogen-bond acceptors (Lipinski definition) is 8. The van der Waals surface area contributed by atoms with Crippen LogP contribution in [0.25, 0.3) is 0 Å². The van der Waals surface area contributed by atoms with E-state index in [4.69, 9.17) is 14.2 Å². The van der Waals surface area contributed by atoms with Crippen LogP contribution in [-0.2, 0) is 16.0 Å². The molecule has 6 atom stereocenters. The van der Waals surface area contributed by atoms with Crippen LogP contribution in [-0.4, -0.2) is 74.9 Å². The fourth-order valence-electron chi connectivity index (χ4n) is 3.46. The molecule has 1 fully saturated rings. The first-order chi connectivity index (χ1) is 15.3. The molecule has 1 aliphatic heterocycles. The van der Waals surface area contributed by atoms with Gasteiger partial charge >= 0.3 is 5.97 Å². The van der Waals surface area contributed by atoms with Crippen molar-refractivity contribution in [2.45, 2.75) is 56.6 Å². The summed E-state index contributed by atoms with van der Waals surface area (Å²) in [6.07, 6.45) is -6.85. The van der Waals surface area contributed by atoms with Crippen molar-refractivity contribution in [2.75, 3.05) is 6.61 Å². The Kier molecular flexibility index (Phi) is 8.05.